The molecular weight excluding hydrogens is 200 g/mol. The molecule has 1 aromatic rings. The first kappa shape index (κ1) is 9.60. The fourth-order valence-corrected chi connectivity index (χ4v) is 1.14. The van der Waals surface area contributed by atoms with Crippen LogP contribution in [0.4, 0.5) is 0 Å². The van der Waals surface area contributed by atoms with Crippen molar-refractivity contribution >= 4 is 22.9 Å². The second-order valence-electron chi connectivity index (χ2n) is 2.02. The van der Waals surface area contributed by atoms with E-state index in [1.807, 2.05) is 0 Å². The molecule has 0 bridgehead atoms. The van der Waals surface area contributed by atoms with Crippen LogP contribution in [-0.2, 0) is 17.8 Å². The highest BCUT2D eigenvalue weighted by Gasteiger charge is 1.96. The van der Waals surface area contributed by atoms with E-state index in [1.54, 1.807) is 18.2 Å². The summed E-state index contributed by atoms with van der Waals surface area (Å²) in [4.78, 5) is 3.90. The van der Waals surface area contributed by atoms with E-state index >= 15 is 0 Å². The molecule has 0 amide bonds. The van der Waals surface area contributed by atoms with Crippen molar-refractivity contribution in [3.05, 3.63) is 29.0 Å². The minimum Gasteiger partial charge on any atom is -0.294 e. The maximum atomic E-state index is 10.2. The van der Waals surface area contributed by atoms with E-state index in [-0.39, 0.29) is 6.54 Å². The molecule has 0 aromatic carbocycles. The predicted molar refractivity (Wildman–Crippen MR) is 46.9 cm³/mol. The molecule has 0 spiro atoms. The zero-order valence-electron chi connectivity index (χ0n) is 6.03. The molecule has 0 radical (unpaired) electrons. The topological polar surface area (TPSA) is 62.2 Å². The Labute approximate surface area is 77.4 Å². The van der Waals surface area contributed by atoms with Crippen LogP contribution in [0.15, 0.2) is 18.2 Å². The number of hydrogen-bond donors (Lipinski definition) is 2. The van der Waals surface area contributed by atoms with E-state index in [0.717, 1.165) is 0 Å². The molecule has 0 aliphatic rings. The molecule has 0 fully saturated rings. The summed E-state index contributed by atoms with van der Waals surface area (Å²) in [5, 5.41) is 0.373. The molecule has 1 unspecified atom stereocenters. The summed E-state index contributed by atoms with van der Waals surface area (Å²) in [6, 6.07) is 5.08. The van der Waals surface area contributed by atoms with Crippen LogP contribution in [0.25, 0.3) is 0 Å². The van der Waals surface area contributed by atoms with Crippen LogP contribution in [0.5, 0.6) is 0 Å². The maximum absolute atomic E-state index is 10.2. The molecule has 0 aliphatic carbocycles. The summed E-state index contributed by atoms with van der Waals surface area (Å²) in [7, 11) is 0. The number of aromatic nitrogens is 1. The third-order valence-corrected chi connectivity index (χ3v) is 1.75. The van der Waals surface area contributed by atoms with Crippen molar-refractivity contribution in [3.8, 4) is 0 Å². The number of hydrogen-bond acceptors (Lipinski definition) is 2. The largest absolute Gasteiger partial charge is 0.294 e. The molecule has 0 aliphatic heterocycles. The second kappa shape index (κ2) is 4.51. The molecule has 1 rings (SSSR count). The SMILES string of the molecule is O=S(O)NCc1cccc(Cl)n1. The first-order valence-electron chi connectivity index (χ1n) is 3.14. The van der Waals surface area contributed by atoms with Gasteiger partial charge in [-0.3, -0.25) is 4.55 Å². The fourth-order valence-electron chi connectivity index (χ4n) is 0.684. The lowest BCUT2D eigenvalue weighted by Gasteiger charge is -1.98. The summed E-state index contributed by atoms with van der Waals surface area (Å²) in [5.74, 6) is 0. The van der Waals surface area contributed by atoms with Gasteiger partial charge in [-0.25, -0.2) is 13.9 Å². The van der Waals surface area contributed by atoms with Crippen molar-refractivity contribution in [2.24, 2.45) is 0 Å². The number of pyridine rings is 1. The lowest BCUT2D eigenvalue weighted by Crippen LogP contribution is -2.16. The standard InChI is InChI=1S/C6H7ClN2O2S/c7-6-3-1-2-5(9-6)4-8-12(10)11/h1-3,8H,4H2,(H,10,11). The summed E-state index contributed by atoms with van der Waals surface area (Å²) in [6.07, 6.45) is 0. The van der Waals surface area contributed by atoms with Crippen LogP contribution < -0.4 is 4.72 Å². The molecule has 0 saturated heterocycles. The smallest absolute Gasteiger partial charge is 0.232 e. The summed E-state index contributed by atoms with van der Waals surface area (Å²) in [6.45, 7) is 0.226. The molecule has 0 saturated carbocycles. The first-order valence-corrected chi connectivity index (χ1v) is 4.63. The highest BCUT2D eigenvalue weighted by atomic mass is 35.5. The van der Waals surface area contributed by atoms with Crippen molar-refractivity contribution in [1.82, 2.24) is 9.71 Å². The third-order valence-electron chi connectivity index (χ3n) is 1.15. The van der Waals surface area contributed by atoms with E-state index in [4.69, 9.17) is 16.2 Å². The molecule has 1 aromatic heterocycles. The Morgan fingerprint density at radius 2 is 2.42 bits per heavy atom. The van der Waals surface area contributed by atoms with Gasteiger partial charge in [0.15, 0.2) is 0 Å². The zero-order valence-corrected chi connectivity index (χ0v) is 7.60. The Kier molecular flexibility index (Phi) is 3.61. The molecule has 6 heteroatoms. The van der Waals surface area contributed by atoms with E-state index in [9.17, 15) is 4.21 Å². The summed E-state index contributed by atoms with van der Waals surface area (Å²) >= 11 is 3.58. The lowest BCUT2D eigenvalue weighted by molar-refractivity contribution is 0.548. The molecule has 12 heavy (non-hydrogen) atoms. The number of halogens is 1. The van der Waals surface area contributed by atoms with Gasteiger partial charge < -0.3 is 0 Å². The highest BCUT2D eigenvalue weighted by Crippen LogP contribution is 2.04. The second-order valence-corrected chi connectivity index (χ2v) is 3.20. The van der Waals surface area contributed by atoms with Crippen molar-refractivity contribution in [1.29, 1.82) is 0 Å². The van der Waals surface area contributed by atoms with Gasteiger partial charge in [0.25, 0.3) is 0 Å². The van der Waals surface area contributed by atoms with Crippen LogP contribution in [0.3, 0.4) is 0 Å². The quantitative estimate of drug-likeness (QED) is 0.572. The van der Waals surface area contributed by atoms with Crippen molar-refractivity contribution in [2.75, 3.05) is 0 Å². The third kappa shape index (κ3) is 3.27. The van der Waals surface area contributed by atoms with Gasteiger partial charge >= 0.3 is 0 Å². The Hall–Kier alpha value is -0.490. The monoisotopic (exact) mass is 206 g/mol. The molecule has 2 N–H and O–H groups in total. The zero-order chi connectivity index (χ0) is 8.97. The number of rotatable bonds is 3. The normalized spacial score (nSPS) is 12.8. The number of nitrogens with one attached hydrogen (secondary N) is 1. The van der Waals surface area contributed by atoms with Crippen molar-refractivity contribution in [2.45, 2.75) is 6.54 Å². The Bertz CT molecular complexity index is 295. The molecular formula is C6H7ClN2O2S. The van der Waals surface area contributed by atoms with Crippen LogP contribution in [-0.4, -0.2) is 13.7 Å². The molecule has 1 heterocycles. The first-order chi connectivity index (χ1) is 5.68. The van der Waals surface area contributed by atoms with Gasteiger partial charge in [0, 0.05) is 0 Å². The van der Waals surface area contributed by atoms with Crippen LogP contribution in [0.2, 0.25) is 5.15 Å². The van der Waals surface area contributed by atoms with Gasteiger partial charge in [-0.2, -0.15) is 0 Å². The lowest BCUT2D eigenvalue weighted by atomic mass is 10.4. The van der Waals surface area contributed by atoms with Gasteiger partial charge in [-0.05, 0) is 12.1 Å². The Morgan fingerprint density at radius 3 is 3.00 bits per heavy atom. The Morgan fingerprint density at radius 1 is 1.67 bits per heavy atom. The van der Waals surface area contributed by atoms with E-state index < -0.39 is 11.3 Å². The van der Waals surface area contributed by atoms with Gasteiger partial charge in [0.05, 0.1) is 12.2 Å². The number of nitrogens with zero attached hydrogens (tertiary/aromatic N) is 1. The van der Waals surface area contributed by atoms with Crippen molar-refractivity contribution < 1.29 is 8.76 Å². The van der Waals surface area contributed by atoms with Crippen LogP contribution in [0, 0.1) is 0 Å². The minimum atomic E-state index is -2.01. The van der Waals surface area contributed by atoms with Crippen LogP contribution >= 0.6 is 11.6 Å². The molecule has 1 atom stereocenters. The predicted octanol–water partition coefficient (Wildman–Crippen LogP) is 0.961. The average Bonchev–Trinajstić information content (AvgIpc) is 2.01. The average molecular weight is 207 g/mol. The highest BCUT2D eigenvalue weighted by molar-refractivity contribution is 7.77. The summed E-state index contributed by atoms with van der Waals surface area (Å²) < 4.78 is 20.9. The fraction of sp³-hybridized carbons (Fsp3) is 0.167. The summed E-state index contributed by atoms with van der Waals surface area (Å²) in [5.41, 5.74) is 0.630. The Balaban J connectivity index is 2.57. The van der Waals surface area contributed by atoms with E-state index in [0.29, 0.717) is 10.8 Å². The maximum Gasteiger partial charge on any atom is 0.232 e. The van der Waals surface area contributed by atoms with Gasteiger partial charge in [0.2, 0.25) is 11.3 Å². The van der Waals surface area contributed by atoms with Crippen LogP contribution in [0.1, 0.15) is 5.69 Å². The van der Waals surface area contributed by atoms with Gasteiger partial charge in [-0.15, -0.1) is 0 Å². The van der Waals surface area contributed by atoms with Crippen molar-refractivity contribution in [3.63, 3.8) is 0 Å². The molecule has 66 valence electrons. The van der Waals surface area contributed by atoms with Gasteiger partial charge in [-0.1, -0.05) is 17.7 Å². The molecule has 4 nitrogen and oxygen atoms in total. The van der Waals surface area contributed by atoms with E-state index in [1.165, 1.54) is 0 Å². The van der Waals surface area contributed by atoms with E-state index in [2.05, 4.69) is 9.71 Å². The van der Waals surface area contributed by atoms with Gasteiger partial charge in [0.1, 0.15) is 5.15 Å². The minimum absolute atomic E-state index is 0.226.